The molecule has 3 unspecified atom stereocenters. The molecule has 3 fully saturated rings. The second-order valence-corrected chi connectivity index (χ2v) is 7.48. The van der Waals surface area contributed by atoms with Gasteiger partial charge in [0.25, 0.3) is 0 Å². The quantitative estimate of drug-likeness (QED) is 0.444. The zero-order valence-corrected chi connectivity index (χ0v) is 14.8. The summed E-state index contributed by atoms with van der Waals surface area (Å²) in [6, 6.07) is 0.328. The summed E-state index contributed by atoms with van der Waals surface area (Å²) < 4.78 is 5.81. The number of imide groups is 1. The number of nitrogens with zero attached hydrogens (tertiary/aromatic N) is 2. The molecule has 1 saturated carbocycles. The van der Waals surface area contributed by atoms with Crippen LogP contribution in [-0.2, 0) is 14.3 Å². The highest BCUT2D eigenvalue weighted by atomic mass is 16.5. The van der Waals surface area contributed by atoms with Crippen molar-refractivity contribution in [3.05, 3.63) is 0 Å². The molecule has 0 bridgehead atoms. The summed E-state index contributed by atoms with van der Waals surface area (Å²) in [6.07, 6.45) is 3.03. The van der Waals surface area contributed by atoms with Gasteiger partial charge in [-0.1, -0.05) is 13.8 Å². The second-order valence-electron chi connectivity index (χ2n) is 7.48. The van der Waals surface area contributed by atoms with E-state index in [-0.39, 0.29) is 17.2 Å². The van der Waals surface area contributed by atoms with Gasteiger partial charge in [-0.3, -0.25) is 19.5 Å². The smallest absolute Gasteiger partial charge is 0.229 e. The summed E-state index contributed by atoms with van der Waals surface area (Å²) in [5.74, 6) is 1.11. The Morgan fingerprint density at radius 1 is 1.33 bits per heavy atom. The fourth-order valence-corrected chi connectivity index (χ4v) is 4.29. The molecule has 3 aliphatic rings. The number of rotatable bonds is 4. The monoisotopic (exact) mass is 336 g/mol. The first kappa shape index (κ1) is 17.2. The number of ether oxygens (including phenoxy) is 1. The van der Waals surface area contributed by atoms with Crippen LogP contribution in [0.5, 0.6) is 0 Å². The van der Waals surface area contributed by atoms with Crippen molar-refractivity contribution < 1.29 is 14.3 Å². The van der Waals surface area contributed by atoms with Crippen molar-refractivity contribution in [2.45, 2.75) is 51.7 Å². The molecule has 7 heteroatoms. The molecule has 2 heterocycles. The van der Waals surface area contributed by atoms with E-state index in [1.54, 1.807) is 7.05 Å². The van der Waals surface area contributed by atoms with Gasteiger partial charge in [-0.2, -0.15) is 0 Å². The summed E-state index contributed by atoms with van der Waals surface area (Å²) >= 11 is 0. The van der Waals surface area contributed by atoms with Crippen LogP contribution in [0.4, 0.5) is 0 Å². The van der Waals surface area contributed by atoms with Crippen molar-refractivity contribution in [1.82, 2.24) is 15.5 Å². The van der Waals surface area contributed by atoms with Gasteiger partial charge in [-0.15, -0.1) is 0 Å². The van der Waals surface area contributed by atoms with E-state index in [0.29, 0.717) is 50.4 Å². The summed E-state index contributed by atoms with van der Waals surface area (Å²) in [4.78, 5) is 29.3. The minimum atomic E-state index is -0.0675. The van der Waals surface area contributed by atoms with Crippen molar-refractivity contribution in [2.24, 2.45) is 16.3 Å². The fourth-order valence-electron chi connectivity index (χ4n) is 4.29. The number of amides is 2. The Labute approximate surface area is 143 Å². The standard InChI is InChI=1S/C17H28N4O3/c1-17(2)14(11-7-10-24-15(11)17)20-16(18-3)19-8-9-21-12(22)5-4-6-13(21)23/h11,14-15H,4-10H2,1-3H3,(H2,18,19,20). The third kappa shape index (κ3) is 3.01. The Balaban J connectivity index is 1.49. The molecular weight excluding hydrogens is 308 g/mol. The van der Waals surface area contributed by atoms with Crippen LogP contribution in [-0.4, -0.2) is 61.6 Å². The molecule has 3 atom stereocenters. The Morgan fingerprint density at radius 2 is 2.04 bits per heavy atom. The average molecular weight is 336 g/mol. The van der Waals surface area contributed by atoms with Crippen LogP contribution in [0.3, 0.4) is 0 Å². The van der Waals surface area contributed by atoms with Crippen molar-refractivity contribution in [3.8, 4) is 0 Å². The maximum atomic E-state index is 11.8. The Bertz CT molecular complexity index is 530. The van der Waals surface area contributed by atoms with E-state index in [1.807, 2.05) is 0 Å². The third-order valence-corrected chi connectivity index (χ3v) is 5.63. The number of guanidine groups is 1. The molecule has 2 aliphatic heterocycles. The van der Waals surface area contributed by atoms with Crippen molar-refractivity contribution in [3.63, 3.8) is 0 Å². The lowest BCUT2D eigenvalue weighted by molar-refractivity contribution is -0.147. The number of hydrogen-bond donors (Lipinski definition) is 2. The van der Waals surface area contributed by atoms with Crippen molar-refractivity contribution in [1.29, 1.82) is 0 Å². The Hall–Kier alpha value is -1.63. The van der Waals surface area contributed by atoms with Gasteiger partial charge >= 0.3 is 0 Å². The van der Waals surface area contributed by atoms with Gasteiger partial charge in [0, 0.05) is 57.0 Å². The molecule has 0 aromatic heterocycles. The van der Waals surface area contributed by atoms with Gasteiger partial charge < -0.3 is 15.4 Å². The van der Waals surface area contributed by atoms with Crippen LogP contribution in [0.2, 0.25) is 0 Å². The first-order valence-electron chi connectivity index (χ1n) is 8.87. The molecule has 1 aliphatic carbocycles. The maximum absolute atomic E-state index is 11.8. The summed E-state index contributed by atoms with van der Waals surface area (Å²) in [7, 11) is 1.74. The molecule has 2 amide bonds. The molecule has 0 aromatic carbocycles. The van der Waals surface area contributed by atoms with Crippen LogP contribution in [0, 0.1) is 11.3 Å². The number of fused-ring (bicyclic) bond motifs is 1. The molecular formula is C17H28N4O3. The zero-order chi connectivity index (χ0) is 17.3. The highest BCUT2D eigenvalue weighted by molar-refractivity contribution is 5.97. The van der Waals surface area contributed by atoms with Crippen LogP contribution in [0.15, 0.2) is 4.99 Å². The van der Waals surface area contributed by atoms with E-state index in [9.17, 15) is 9.59 Å². The van der Waals surface area contributed by atoms with Gasteiger partial charge in [0.2, 0.25) is 11.8 Å². The first-order valence-corrected chi connectivity index (χ1v) is 8.87. The van der Waals surface area contributed by atoms with E-state index < -0.39 is 0 Å². The lowest BCUT2D eigenvalue weighted by atomic mass is 9.57. The minimum Gasteiger partial charge on any atom is -0.377 e. The van der Waals surface area contributed by atoms with Gasteiger partial charge in [-0.05, 0) is 12.8 Å². The van der Waals surface area contributed by atoms with E-state index in [4.69, 9.17) is 4.74 Å². The molecule has 0 spiro atoms. The number of hydrogen-bond acceptors (Lipinski definition) is 4. The van der Waals surface area contributed by atoms with E-state index >= 15 is 0 Å². The molecule has 3 rings (SSSR count). The predicted octanol–water partition coefficient (Wildman–Crippen LogP) is 0.504. The van der Waals surface area contributed by atoms with Crippen LogP contribution >= 0.6 is 0 Å². The van der Waals surface area contributed by atoms with Gasteiger partial charge in [0.15, 0.2) is 5.96 Å². The summed E-state index contributed by atoms with van der Waals surface area (Å²) in [5.41, 5.74) is 0.0809. The Morgan fingerprint density at radius 3 is 2.71 bits per heavy atom. The normalized spacial score (nSPS) is 32.4. The zero-order valence-electron chi connectivity index (χ0n) is 14.8. The first-order chi connectivity index (χ1) is 11.4. The number of likely N-dealkylation sites (tertiary alicyclic amines) is 1. The molecule has 2 N–H and O–H groups in total. The average Bonchev–Trinajstić information content (AvgIpc) is 3.00. The molecule has 0 radical (unpaired) electrons. The van der Waals surface area contributed by atoms with Crippen LogP contribution in [0.25, 0.3) is 0 Å². The molecule has 2 saturated heterocycles. The topological polar surface area (TPSA) is 83.0 Å². The highest BCUT2D eigenvalue weighted by Crippen LogP contribution is 2.52. The van der Waals surface area contributed by atoms with Gasteiger partial charge in [-0.25, -0.2) is 0 Å². The number of carbonyl (C=O) groups is 2. The van der Waals surface area contributed by atoms with Gasteiger partial charge in [0.1, 0.15) is 0 Å². The predicted molar refractivity (Wildman–Crippen MR) is 90.5 cm³/mol. The van der Waals surface area contributed by atoms with E-state index in [2.05, 4.69) is 29.5 Å². The number of aliphatic imine (C=N–C) groups is 1. The number of carbonyl (C=O) groups excluding carboxylic acids is 2. The SMILES string of the molecule is CN=C(NCCN1C(=O)CCCC1=O)NC1C2CCOC2C1(C)C. The Kier molecular flexibility index (Phi) is 4.80. The van der Waals surface area contributed by atoms with Crippen molar-refractivity contribution >= 4 is 17.8 Å². The largest absolute Gasteiger partial charge is 0.377 e. The van der Waals surface area contributed by atoms with Gasteiger partial charge in [0.05, 0.1) is 6.10 Å². The highest BCUT2D eigenvalue weighted by Gasteiger charge is 2.59. The van der Waals surface area contributed by atoms with E-state index in [0.717, 1.165) is 19.0 Å². The summed E-state index contributed by atoms with van der Waals surface area (Å²) in [5, 5.41) is 6.72. The minimum absolute atomic E-state index is 0.0675. The second kappa shape index (κ2) is 6.70. The maximum Gasteiger partial charge on any atom is 0.229 e. The molecule has 0 aromatic rings. The summed E-state index contributed by atoms with van der Waals surface area (Å²) in [6.45, 7) is 6.17. The van der Waals surface area contributed by atoms with E-state index in [1.165, 1.54) is 4.90 Å². The third-order valence-electron chi connectivity index (χ3n) is 5.63. The molecule has 24 heavy (non-hydrogen) atoms. The van der Waals surface area contributed by atoms with Crippen molar-refractivity contribution in [2.75, 3.05) is 26.7 Å². The van der Waals surface area contributed by atoms with Crippen LogP contribution < -0.4 is 10.6 Å². The lowest BCUT2D eigenvalue weighted by Gasteiger charge is -2.54. The lowest BCUT2D eigenvalue weighted by Crippen LogP contribution is -2.68. The molecule has 7 nitrogen and oxygen atoms in total. The van der Waals surface area contributed by atoms with Crippen LogP contribution in [0.1, 0.15) is 39.5 Å². The number of piperidine rings is 1. The molecule has 134 valence electrons. The fraction of sp³-hybridized carbons (Fsp3) is 0.824. The number of nitrogens with one attached hydrogen (secondary N) is 2.